The van der Waals surface area contributed by atoms with Crippen LogP contribution < -0.4 is 4.74 Å². The van der Waals surface area contributed by atoms with Crippen LogP contribution in [0.2, 0.25) is 0 Å². The summed E-state index contributed by atoms with van der Waals surface area (Å²) >= 11 is 1.32. The van der Waals surface area contributed by atoms with Gasteiger partial charge in [-0.1, -0.05) is 43.2 Å². The average Bonchev–Trinajstić information content (AvgIpc) is 3.82. The number of thiazole rings is 1. The van der Waals surface area contributed by atoms with Crippen molar-refractivity contribution in [3.05, 3.63) is 81.3 Å². The second-order valence-electron chi connectivity index (χ2n) is 12.5. The van der Waals surface area contributed by atoms with Crippen LogP contribution in [0.4, 0.5) is 0 Å². The molecule has 10 nitrogen and oxygen atoms in total. The highest BCUT2D eigenvalue weighted by molar-refractivity contribution is 7.11. The van der Waals surface area contributed by atoms with Crippen molar-refractivity contribution < 1.29 is 29.0 Å². The molecule has 3 aliphatic heterocycles. The van der Waals surface area contributed by atoms with Crippen molar-refractivity contribution in [2.24, 2.45) is 11.8 Å². The molecule has 4 atom stereocenters. The molecule has 2 aromatic carbocycles. The number of hydrogen-bond acceptors (Lipinski definition) is 7. The number of nitrogens with zero attached hydrogens (tertiary/aromatic N) is 4. The average molecular weight is 629 g/mol. The third kappa shape index (κ3) is 5.58. The Morgan fingerprint density at radius 1 is 0.978 bits per heavy atom. The molecular formula is C34H36N4O6S. The molecule has 4 heterocycles. The van der Waals surface area contributed by atoms with E-state index in [1.54, 1.807) is 21.5 Å². The summed E-state index contributed by atoms with van der Waals surface area (Å²) in [5.74, 6) is -1.86. The number of carboxylic acids is 1. The van der Waals surface area contributed by atoms with Crippen molar-refractivity contribution in [3.63, 3.8) is 0 Å². The van der Waals surface area contributed by atoms with Gasteiger partial charge in [0.1, 0.15) is 16.7 Å². The molecule has 45 heavy (non-hydrogen) atoms. The summed E-state index contributed by atoms with van der Waals surface area (Å²) in [5, 5.41) is 9.99. The smallest absolute Gasteiger partial charge is 0.307 e. The van der Waals surface area contributed by atoms with Crippen molar-refractivity contribution in [2.45, 2.75) is 57.2 Å². The highest BCUT2D eigenvalue weighted by Gasteiger charge is 2.44. The van der Waals surface area contributed by atoms with Crippen LogP contribution in [-0.4, -0.2) is 80.8 Å². The number of carboxylic acid groups (broad SMARTS) is 1. The monoisotopic (exact) mass is 628 g/mol. The van der Waals surface area contributed by atoms with E-state index >= 15 is 0 Å². The van der Waals surface area contributed by atoms with E-state index in [9.17, 15) is 24.3 Å². The molecule has 2 fully saturated rings. The number of hydrogen-bond donors (Lipinski definition) is 1. The highest BCUT2D eigenvalue weighted by atomic mass is 32.1. The molecule has 1 saturated heterocycles. The van der Waals surface area contributed by atoms with Crippen molar-refractivity contribution in [1.82, 2.24) is 19.7 Å². The minimum atomic E-state index is -0.921. The van der Waals surface area contributed by atoms with Gasteiger partial charge in [-0.15, -0.1) is 11.3 Å². The lowest BCUT2D eigenvalue weighted by molar-refractivity contribution is -0.153. The fraction of sp³-hybridized carbons (Fsp3) is 0.441. The Hall–Kier alpha value is -4.25. The van der Waals surface area contributed by atoms with Crippen LogP contribution in [-0.2, 0) is 22.6 Å². The Labute approximate surface area is 265 Å². The Balaban J connectivity index is 1.19. The van der Waals surface area contributed by atoms with Crippen molar-refractivity contribution >= 4 is 35.0 Å². The minimum absolute atomic E-state index is 0.0547. The van der Waals surface area contributed by atoms with E-state index in [1.807, 2.05) is 47.4 Å². The molecule has 0 radical (unpaired) electrons. The van der Waals surface area contributed by atoms with E-state index in [4.69, 9.17) is 4.74 Å². The molecule has 1 aromatic heterocycles. The fourth-order valence-corrected chi connectivity index (χ4v) is 8.15. The summed E-state index contributed by atoms with van der Waals surface area (Å²) in [4.78, 5) is 63.1. The number of fused-ring (bicyclic) bond motifs is 2. The molecule has 0 spiro atoms. The Bertz CT molecular complexity index is 1630. The van der Waals surface area contributed by atoms with Gasteiger partial charge in [0.2, 0.25) is 5.91 Å². The van der Waals surface area contributed by atoms with E-state index in [1.165, 1.54) is 11.3 Å². The normalized spacial score (nSPS) is 24.4. The van der Waals surface area contributed by atoms with Gasteiger partial charge in [-0.05, 0) is 42.5 Å². The van der Waals surface area contributed by atoms with Gasteiger partial charge in [0.05, 0.1) is 36.1 Å². The van der Waals surface area contributed by atoms with Crippen LogP contribution in [0.25, 0.3) is 0 Å². The SMILES string of the molecule is O=C(O)C1CCCCC1C(=O)N1CCc2cccc(OC3CCN(C(=O)c4cncs4)C3)c2[C@H]1CN1Cc2ccccc2C1=O. The Morgan fingerprint density at radius 3 is 2.56 bits per heavy atom. The zero-order valence-electron chi connectivity index (χ0n) is 25.0. The maximum Gasteiger partial charge on any atom is 0.307 e. The maximum absolute atomic E-state index is 14.3. The van der Waals surface area contributed by atoms with Gasteiger partial charge >= 0.3 is 5.97 Å². The van der Waals surface area contributed by atoms with E-state index in [-0.39, 0.29) is 30.4 Å². The Kier molecular flexibility index (Phi) is 8.03. The largest absolute Gasteiger partial charge is 0.488 e. The summed E-state index contributed by atoms with van der Waals surface area (Å²) < 4.78 is 6.65. The van der Waals surface area contributed by atoms with Crippen molar-refractivity contribution in [3.8, 4) is 5.75 Å². The van der Waals surface area contributed by atoms with E-state index < -0.39 is 23.8 Å². The molecule has 1 N–H and O–H groups in total. The first-order chi connectivity index (χ1) is 21.9. The molecule has 234 valence electrons. The van der Waals surface area contributed by atoms with Crippen LogP contribution in [0.3, 0.4) is 0 Å². The van der Waals surface area contributed by atoms with Gasteiger partial charge in [-0.2, -0.15) is 0 Å². The number of carbonyl (C=O) groups is 4. The summed E-state index contributed by atoms with van der Waals surface area (Å²) in [7, 11) is 0. The summed E-state index contributed by atoms with van der Waals surface area (Å²) in [6.07, 6.45) is 5.30. The predicted octanol–water partition coefficient (Wildman–Crippen LogP) is 4.41. The van der Waals surface area contributed by atoms with Gasteiger partial charge < -0.3 is 24.5 Å². The number of rotatable bonds is 7. The maximum atomic E-state index is 14.3. The third-order valence-electron chi connectivity index (χ3n) is 9.83. The van der Waals surface area contributed by atoms with E-state index in [0.29, 0.717) is 68.1 Å². The number of amides is 3. The quantitative estimate of drug-likeness (QED) is 0.412. The van der Waals surface area contributed by atoms with Gasteiger partial charge in [0, 0.05) is 43.7 Å². The molecule has 1 saturated carbocycles. The van der Waals surface area contributed by atoms with Crippen molar-refractivity contribution in [2.75, 3.05) is 26.2 Å². The van der Waals surface area contributed by atoms with Crippen LogP contribution in [0.15, 0.2) is 54.2 Å². The first-order valence-corrected chi connectivity index (χ1v) is 16.6. The number of ether oxygens (including phenoxy) is 1. The molecule has 3 amide bonds. The first-order valence-electron chi connectivity index (χ1n) is 15.8. The molecular weight excluding hydrogens is 592 g/mol. The predicted molar refractivity (Wildman–Crippen MR) is 166 cm³/mol. The zero-order valence-corrected chi connectivity index (χ0v) is 25.8. The third-order valence-corrected chi connectivity index (χ3v) is 10.6. The summed E-state index contributed by atoms with van der Waals surface area (Å²) in [5.41, 5.74) is 5.20. The second-order valence-corrected chi connectivity index (χ2v) is 13.3. The van der Waals surface area contributed by atoms with Gasteiger partial charge in [0.25, 0.3) is 11.8 Å². The summed E-state index contributed by atoms with van der Waals surface area (Å²) in [6.45, 7) is 2.18. The fourth-order valence-electron chi connectivity index (χ4n) is 7.57. The number of carbonyl (C=O) groups excluding carboxylic acids is 3. The molecule has 3 aromatic rings. The molecule has 11 heteroatoms. The van der Waals surface area contributed by atoms with Gasteiger partial charge in [-0.25, -0.2) is 0 Å². The first kappa shape index (κ1) is 29.5. The number of aliphatic carboxylic acids is 1. The topological polar surface area (TPSA) is 120 Å². The lowest BCUT2D eigenvalue weighted by Gasteiger charge is -2.43. The van der Waals surface area contributed by atoms with Crippen LogP contribution >= 0.6 is 11.3 Å². The number of likely N-dealkylation sites (tertiary alicyclic amines) is 1. The molecule has 3 unspecified atom stereocenters. The molecule has 1 aliphatic carbocycles. The standard InChI is InChI=1S/C34H36N4O6S/c39-31-24-8-2-1-6-22(24)17-37(31)19-27-30-21(12-15-38(27)32(40)25-9-3-4-10-26(25)34(42)43)7-5-11-28(30)44-23-13-14-36(18-23)33(41)29-16-35-20-45-29/h1-2,5-8,11,16,20,23,25-27H,3-4,9-10,12-15,17-19H2,(H,42,43)/t23?,25?,26?,27-/m1/s1. The molecule has 0 bridgehead atoms. The Morgan fingerprint density at radius 2 is 1.78 bits per heavy atom. The van der Waals surface area contributed by atoms with Crippen LogP contribution in [0.1, 0.15) is 74.9 Å². The van der Waals surface area contributed by atoms with Crippen LogP contribution in [0.5, 0.6) is 5.75 Å². The second kappa shape index (κ2) is 12.3. The van der Waals surface area contributed by atoms with Gasteiger partial charge in [0.15, 0.2) is 0 Å². The minimum Gasteiger partial charge on any atom is -0.488 e. The van der Waals surface area contributed by atoms with E-state index in [0.717, 1.165) is 29.5 Å². The van der Waals surface area contributed by atoms with E-state index in [2.05, 4.69) is 4.98 Å². The highest BCUT2D eigenvalue weighted by Crippen LogP contribution is 2.42. The lowest BCUT2D eigenvalue weighted by Crippen LogP contribution is -2.50. The summed E-state index contributed by atoms with van der Waals surface area (Å²) in [6, 6.07) is 13.0. The van der Waals surface area contributed by atoms with Crippen molar-refractivity contribution in [1.29, 1.82) is 0 Å². The number of aromatic nitrogens is 1. The lowest BCUT2D eigenvalue weighted by atomic mass is 9.77. The number of benzene rings is 2. The molecule has 7 rings (SSSR count). The van der Waals surface area contributed by atoms with Crippen LogP contribution in [0, 0.1) is 11.8 Å². The molecule has 4 aliphatic rings. The van der Waals surface area contributed by atoms with Gasteiger partial charge in [-0.3, -0.25) is 24.2 Å². The zero-order chi connectivity index (χ0) is 31.1.